The second-order valence-corrected chi connectivity index (χ2v) is 23.2. The van der Waals surface area contributed by atoms with Crippen molar-refractivity contribution < 1.29 is 76.3 Å². The highest BCUT2D eigenvalue weighted by Crippen LogP contribution is 2.34. The third kappa shape index (κ3) is 17.1. The lowest BCUT2D eigenvalue weighted by Gasteiger charge is -2.41. The number of fused-ring (bicyclic) bond motifs is 4. The summed E-state index contributed by atoms with van der Waals surface area (Å²) in [5.41, 5.74) is -0.955. The van der Waals surface area contributed by atoms with Gasteiger partial charge in [-0.05, 0) is 134 Å². The van der Waals surface area contributed by atoms with Gasteiger partial charge in [-0.15, -0.1) is 0 Å². The van der Waals surface area contributed by atoms with Gasteiger partial charge in [-0.1, -0.05) is 42.5 Å². The fourth-order valence-corrected chi connectivity index (χ4v) is 10.2. The Hall–Kier alpha value is -7.43. The number of nitrogens with zero attached hydrogens (tertiary/aromatic N) is 5. The molecule has 458 valence electrons. The van der Waals surface area contributed by atoms with E-state index in [1.54, 1.807) is 60.5 Å². The first-order chi connectivity index (χ1) is 39.7. The molecule has 5 amide bonds. The number of ketones is 1. The highest BCUT2D eigenvalue weighted by molar-refractivity contribution is 6.38. The van der Waals surface area contributed by atoms with Gasteiger partial charge >= 0.3 is 11.9 Å². The van der Waals surface area contributed by atoms with Crippen molar-refractivity contribution in [3.8, 4) is 17.2 Å². The summed E-state index contributed by atoms with van der Waals surface area (Å²) >= 11 is 0. The molecule has 6 rings (SSSR count). The van der Waals surface area contributed by atoms with Crippen LogP contribution < -0.4 is 19.5 Å². The van der Waals surface area contributed by atoms with Gasteiger partial charge in [0, 0.05) is 52.9 Å². The van der Waals surface area contributed by atoms with Gasteiger partial charge in [-0.3, -0.25) is 33.7 Å². The van der Waals surface area contributed by atoms with E-state index in [0.29, 0.717) is 49.3 Å². The molecule has 2 fully saturated rings. The van der Waals surface area contributed by atoms with Crippen LogP contribution in [0.1, 0.15) is 115 Å². The second-order valence-electron chi connectivity index (χ2n) is 23.2. The fourth-order valence-electron chi connectivity index (χ4n) is 10.2. The summed E-state index contributed by atoms with van der Waals surface area (Å²) in [5.74, 6) is -5.87. The van der Waals surface area contributed by atoms with Gasteiger partial charge in [0.05, 0.1) is 43.9 Å². The van der Waals surface area contributed by atoms with Gasteiger partial charge < -0.3 is 58.4 Å². The van der Waals surface area contributed by atoms with Crippen molar-refractivity contribution in [2.24, 2.45) is 5.41 Å². The van der Waals surface area contributed by atoms with Crippen molar-refractivity contribution in [1.82, 2.24) is 29.8 Å². The van der Waals surface area contributed by atoms with Crippen molar-refractivity contribution in [2.75, 3.05) is 74.8 Å². The van der Waals surface area contributed by atoms with Gasteiger partial charge in [0.15, 0.2) is 18.1 Å². The molecule has 3 aliphatic rings. The van der Waals surface area contributed by atoms with E-state index in [-0.39, 0.29) is 62.6 Å². The fraction of sp³-hybridized carbons (Fsp3) is 0.548. The number of methoxy groups -OCH3 is 2. The van der Waals surface area contributed by atoms with Gasteiger partial charge in [0.25, 0.3) is 11.8 Å². The number of carbonyl (C=O) groups excluding carboxylic acids is 8. The smallest absolute Gasteiger partial charge is 0.330 e. The number of ether oxygens (including phenoxy) is 6. The third-order valence-electron chi connectivity index (χ3n) is 15.5. The van der Waals surface area contributed by atoms with Crippen LogP contribution in [0.25, 0.3) is 0 Å². The average Bonchev–Trinajstić information content (AvgIpc) is 3.27. The standard InChI is InChI=1S/C62H83FN6O15/c1-39-55(73)64-53(41-20-13-12-14-21-41)58(76)67(9)47(36-83-61(2,3)4)57(75)68-31-19-23-45(68)56(74)65(7)29-17-16-24-52(71)82-38-62(5,6)54(72)59(77)69-30-18-15-22-46(69)60(78)84-48(27-25-40-26-28-49(79-10)50(32-40)80-11)42-33-43(63)35-44(34-42)81-37-51(70)66(39)8/h12-14,16,20-21,24,26,28,32-35,39,45-48,53,57,75H,15,17-19,22-23,25,27,29-31,36-38H2,1-11H3,(H,64,73)/t39-,45-,46-,47-,48+,53-,57?/m0/s1. The van der Waals surface area contributed by atoms with E-state index in [9.17, 15) is 43.5 Å². The first-order valence-corrected chi connectivity index (χ1v) is 28.5. The number of aliphatic hydroxyl groups excluding tert-OH is 1. The van der Waals surface area contributed by atoms with Gasteiger partial charge in [0.2, 0.25) is 23.5 Å². The van der Waals surface area contributed by atoms with E-state index in [1.807, 2.05) is 20.8 Å². The van der Waals surface area contributed by atoms with E-state index in [1.165, 1.54) is 82.0 Å². The zero-order valence-corrected chi connectivity index (χ0v) is 50.2. The monoisotopic (exact) mass is 1170 g/mol. The molecule has 2 saturated heterocycles. The topological polar surface area (TPSA) is 240 Å². The Bertz CT molecular complexity index is 2860. The maximum absolute atomic E-state index is 15.8. The molecule has 2 N–H and O–H groups in total. The normalized spacial score (nSPS) is 24.8. The SMILES string of the molecule is COc1ccc(CC[C@H]2OC(=O)[C@@H]3CCCCN3C(=O)C(=O)C(C)(C)COC(=O)C=CCCN(C)C(=O)[C@@H]3CCCN3C(O)[C@H](COC(C)(C)C)N(C)C(=O)[C@H](c3ccccc3)NC(=O)[C@H](C)N(C)C(=O)COc3cc(F)cc2c3)cc1OC. The lowest BCUT2D eigenvalue weighted by atomic mass is 9.87. The molecule has 2 bridgehead atoms. The molecule has 7 atom stereocenters. The number of carbonyl (C=O) groups is 8. The molecule has 1 unspecified atom stereocenters. The van der Waals surface area contributed by atoms with E-state index < -0.39 is 114 Å². The lowest BCUT2D eigenvalue weighted by Crippen LogP contribution is -2.60. The molecule has 0 radical (unpaired) electrons. The highest BCUT2D eigenvalue weighted by Gasteiger charge is 2.45. The number of piperidine rings is 1. The Labute approximate surface area is 491 Å². The molecule has 0 aromatic heterocycles. The number of nitrogens with one attached hydrogen (secondary N) is 1. The predicted molar refractivity (Wildman–Crippen MR) is 307 cm³/mol. The summed E-state index contributed by atoms with van der Waals surface area (Å²) in [5, 5.41) is 15.1. The molecule has 3 aliphatic heterocycles. The van der Waals surface area contributed by atoms with E-state index >= 15 is 4.39 Å². The van der Waals surface area contributed by atoms with Crippen LogP contribution in [0.5, 0.6) is 17.2 Å². The molecule has 0 spiro atoms. The number of aryl methyl sites for hydroxylation is 1. The van der Waals surface area contributed by atoms with Crippen molar-refractivity contribution >= 4 is 47.3 Å². The molecule has 84 heavy (non-hydrogen) atoms. The van der Waals surface area contributed by atoms with Crippen molar-refractivity contribution in [3.63, 3.8) is 0 Å². The predicted octanol–water partition coefficient (Wildman–Crippen LogP) is 5.51. The molecular weight excluding hydrogens is 1090 g/mol. The summed E-state index contributed by atoms with van der Waals surface area (Å²) < 4.78 is 50.5. The molecule has 3 heterocycles. The maximum Gasteiger partial charge on any atom is 0.330 e. The van der Waals surface area contributed by atoms with Gasteiger partial charge in [0.1, 0.15) is 48.6 Å². The van der Waals surface area contributed by atoms with Crippen molar-refractivity contribution in [3.05, 3.63) is 101 Å². The van der Waals surface area contributed by atoms with Crippen LogP contribution in [0.4, 0.5) is 4.39 Å². The Morgan fingerprint density at radius 1 is 0.786 bits per heavy atom. The molecule has 0 saturated carbocycles. The van der Waals surface area contributed by atoms with Gasteiger partial charge in [-0.2, -0.15) is 0 Å². The minimum Gasteiger partial charge on any atom is -0.493 e. The maximum atomic E-state index is 15.8. The van der Waals surface area contributed by atoms with E-state index in [2.05, 4.69) is 5.32 Å². The number of rotatable bonds is 8. The number of amides is 5. The molecule has 0 aliphatic carbocycles. The van der Waals surface area contributed by atoms with Crippen molar-refractivity contribution in [2.45, 2.75) is 141 Å². The number of benzene rings is 3. The molecule has 22 heteroatoms. The highest BCUT2D eigenvalue weighted by atomic mass is 19.1. The Balaban J connectivity index is 1.34. The quantitative estimate of drug-likeness (QED) is 0.209. The van der Waals surface area contributed by atoms with Crippen LogP contribution in [0.3, 0.4) is 0 Å². The van der Waals surface area contributed by atoms with Crippen molar-refractivity contribution in [1.29, 1.82) is 0 Å². The summed E-state index contributed by atoms with van der Waals surface area (Å²) in [7, 11) is 7.44. The minimum absolute atomic E-state index is 0.0479. The summed E-state index contributed by atoms with van der Waals surface area (Å²) in [4.78, 5) is 120. The first kappa shape index (κ1) is 65.7. The largest absolute Gasteiger partial charge is 0.493 e. The first-order valence-electron chi connectivity index (χ1n) is 28.5. The number of aliphatic hydroxyl groups is 1. The zero-order valence-electron chi connectivity index (χ0n) is 50.2. The summed E-state index contributed by atoms with van der Waals surface area (Å²) in [6.45, 7) is 9.04. The number of hydrogen-bond donors (Lipinski definition) is 2. The molecular formula is C62H83FN6O15. The zero-order chi connectivity index (χ0) is 61.6. The van der Waals surface area contributed by atoms with Crippen LogP contribution >= 0.6 is 0 Å². The van der Waals surface area contributed by atoms with E-state index in [4.69, 9.17) is 28.4 Å². The molecule has 3 aromatic rings. The molecule has 21 nitrogen and oxygen atoms in total. The van der Waals surface area contributed by atoms with E-state index in [0.717, 1.165) is 22.6 Å². The number of likely N-dealkylation sites (N-methyl/N-ethyl adjacent to an activating group) is 3. The molecule has 3 aromatic carbocycles. The minimum atomic E-state index is -1.53. The van der Waals surface area contributed by atoms with Crippen LogP contribution in [0.2, 0.25) is 0 Å². The van der Waals surface area contributed by atoms with Crippen LogP contribution in [0.15, 0.2) is 78.9 Å². The Morgan fingerprint density at radius 2 is 1.49 bits per heavy atom. The van der Waals surface area contributed by atoms with Gasteiger partial charge in [-0.25, -0.2) is 14.0 Å². The number of Topliss-reactive ketones (excluding diaryl/α,β-unsaturated/α-hetero) is 1. The summed E-state index contributed by atoms with van der Waals surface area (Å²) in [6, 6.07) is 11.7. The number of hydrogen-bond acceptors (Lipinski definition) is 16. The van der Waals surface area contributed by atoms with Crippen LogP contribution in [-0.4, -0.2) is 188 Å². The summed E-state index contributed by atoms with van der Waals surface area (Å²) in [6.07, 6.45) is 2.75. The number of cyclic esters (lactones) is 2. The number of esters is 2. The average molecular weight is 1170 g/mol. The van der Waals surface area contributed by atoms with Crippen LogP contribution in [0, 0.1) is 11.2 Å². The Morgan fingerprint density at radius 3 is 2.18 bits per heavy atom. The number of halogens is 1. The lowest BCUT2D eigenvalue weighted by molar-refractivity contribution is -0.165. The third-order valence-corrected chi connectivity index (χ3v) is 15.5. The Kier molecular flexibility index (Phi) is 23.0. The van der Waals surface area contributed by atoms with Crippen LogP contribution in [-0.2, 0) is 59.0 Å². The second kappa shape index (κ2) is 29.4.